The van der Waals surface area contributed by atoms with Gasteiger partial charge in [-0.3, -0.25) is 4.79 Å². The van der Waals surface area contributed by atoms with Gasteiger partial charge in [-0.2, -0.15) is 18.4 Å². The number of pyridine rings is 1. The fourth-order valence-electron chi connectivity index (χ4n) is 3.77. The monoisotopic (exact) mass is 541 g/mol. The minimum atomic E-state index is -4.51. The van der Waals surface area contributed by atoms with Gasteiger partial charge in [-0.25, -0.2) is 4.98 Å². The lowest BCUT2D eigenvalue weighted by Gasteiger charge is -2.30. The number of nitrogens with zero attached hydrogens (tertiary/aromatic N) is 2. The molecule has 9 heteroatoms. The van der Waals surface area contributed by atoms with Crippen molar-refractivity contribution in [2.24, 2.45) is 0 Å². The molecule has 0 fully saturated rings. The Kier molecular flexibility index (Phi) is 11.3. The molecule has 0 saturated heterocycles. The van der Waals surface area contributed by atoms with Crippen molar-refractivity contribution in [1.29, 1.82) is 5.26 Å². The van der Waals surface area contributed by atoms with E-state index in [9.17, 15) is 18.0 Å². The van der Waals surface area contributed by atoms with Crippen LogP contribution in [0.3, 0.4) is 0 Å². The van der Waals surface area contributed by atoms with Crippen molar-refractivity contribution in [3.8, 4) is 17.7 Å². The fraction of sp³-hybridized carbons (Fsp3) is 0.367. The summed E-state index contributed by atoms with van der Waals surface area (Å²) in [4.78, 5) is 16.9. The van der Waals surface area contributed by atoms with Crippen molar-refractivity contribution in [3.63, 3.8) is 0 Å². The molecule has 0 saturated carbocycles. The molecule has 3 aromatic rings. The second-order valence-corrected chi connectivity index (χ2v) is 9.07. The topological polar surface area (TPSA) is 84.2 Å². The highest BCUT2D eigenvalue weighted by Crippen LogP contribution is 2.30. The zero-order chi connectivity index (χ0) is 29.1. The highest BCUT2D eigenvalue weighted by Gasteiger charge is 2.34. The molecule has 1 N–H and O–H groups in total. The number of nitriles is 1. The van der Waals surface area contributed by atoms with Gasteiger partial charge in [0.1, 0.15) is 11.8 Å². The van der Waals surface area contributed by atoms with Crippen LogP contribution in [0.15, 0.2) is 72.9 Å². The van der Waals surface area contributed by atoms with Crippen LogP contribution in [-0.4, -0.2) is 29.1 Å². The number of carbonyl (C=O) groups is 1. The minimum absolute atomic E-state index is 0.0328. The number of rotatable bonds is 10. The largest absolute Gasteiger partial charge is 0.479 e. The molecule has 208 valence electrons. The Morgan fingerprint density at radius 1 is 1.03 bits per heavy atom. The van der Waals surface area contributed by atoms with E-state index in [0.717, 1.165) is 23.3 Å². The van der Waals surface area contributed by atoms with Crippen LogP contribution >= 0.6 is 0 Å². The molecule has 0 aliphatic heterocycles. The minimum Gasteiger partial charge on any atom is -0.479 e. The number of nitrogens with one attached hydrogen (secondary N) is 1. The van der Waals surface area contributed by atoms with Crippen LogP contribution in [0.5, 0.6) is 11.6 Å². The van der Waals surface area contributed by atoms with Gasteiger partial charge in [-0.1, -0.05) is 56.3 Å². The molecule has 3 rings (SSSR count). The van der Waals surface area contributed by atoms with E-state index in [0.29, 0.717) is 18.4 Å². The van der Waals surface area contributed by atoms with Gasteiger partial charge in [0, 0.05) is 24.2 Å². The number of ether oxygens (including phenoxy) is 2. The molecular weight excluding hydrogens is 507 g/mol. The first-order valence-electron chi connectivity index (χ1n) is 12.7. The van der Waals surface area contributed by atoms with Gasteiger partial charge in [0.25, 0.3) is 5.91 Å². The third kappa shape index (κ3) is 9.32. The molecule has 0 bridgehead atoms. The van der Waals surface area contributed by atoms with Gasteiger partial charge in [-0.15, -0.1) is 0 Å². The first-order chi connectivity index (χ1) is 18.5. The van der Waals surface area contributed by atoms with Crippen LogP contribution in [0.4, 0.5) is 13.2 Å². The van der Waals surface area contributed by atoms with E-state index in [2.05, 4.69) is 10.3 Å². The van der Waals surface area contributed by atoms with Crippen LogP contribution in [-0.2, 0) is 17.4 Å². The number of benzene rings is 2. The maximum atomic E-state index is 13.2. The predicted molar refractivity (Wildman–Crippen MR) is 143 cm³/mol. The summed E-state index contributed by atoms with van der Waals surface area (Å²) in [5.41, 5.74) is -0.236. The van der Waals surface area contributed by atoms with Gasteiger partial charge in [-0.05, 0) is 56.5 Å². The number of alkyl halides is 3. The van der Waals surface area contributed by atoms with E-state index < -0.39 is 23.2 Å². The van der Waals surface area contributed by atoms with E-state index in [1.165, 1.54) is 13.8 Å². The second kappa shape index (κ2) is 14.2. The third-order valence-corrected chi connectivity index (χ3v) is 5.84. The maximum Gasteiger partial charge on any atom is 0.417 e. The summed E-state index contributed by atoms with van der Waals surface area (Å²) in [6, 6.07) is 20.8. The van der Waals surface area contributed by atoms with Crippen LogP contribution in [0.1, 0.15) is 57.2 Å². The SMILES string of the molecule is CC.CC(NC(=O)C(C)(C)Oc1ccc(C(F)(F)F)cn1)C(Cc1ccc(OCC#N)cc1)c1ccccc1. The summed E-state index contributed by atoms with van der Waals surface area (Å²) in [6.45, 7) is 8.93. The Balaban J connectivity index is 0.00000260. The number of halogens is 3. The molecule has 2 aromatic carbocycles. The highest BCUT2D eigenvalue weighted by molar-refractivity contribution is 5.85. The average molecular weight is 542 g/mol. The van der Waals surface area contributed by atoms with Gasteiger partial charge in [0.15, 0.2) is 12.2 Å². The zero-order valence-electron chi connectivity index (χ0n) is 22.8. The van der Waals surface area contributed by atoms with E-state index in [1.807, 2.05) is 69.3 Å². The van der Waals surface area contributed by atoms with Crippen LogP contribution < -0.4 is 14.8 Å². The Morgan fingerprint density at radius 3 is 2.21 bits per heavy atom. The molecule has 0 spiro atoms. The number of hydrogen-bond acceptors (Lipinski definition) is 5. The smallest absolute Gasteiger partial charge is 0.417 e. The molecule has 2 unspecified atom stereocenters. The number of amides is 1. The molecule has 39 heavy (non-hydrogen) atoms. The summed E-state index contributed by atoms with van der Waals surface area (Å²) < 4.78 is 49.4. The Morgan fingerprint density at radius 2 is 1.67 bits per heavy atom. The molecule has 0 radical (unpaired) electrons. The summed E-state index contributed by atoms with van der Waals surface area (Å²) in [5.74, 6) is -0.00305. The van der Waals surface area contributed by atoms with Crippen molar-refractivity contribution in [2.45, 2.75) is 64.8 Å². The van der Waals surface area contributed by atoms with Crippen molar-refractivity contribution >= 4 is 5.91 Å². The number of hydrogen-bond donors (Lipinski definition) is 1. The fourth-order valence-corrected chi connectivity index (χ4v) is 3.77. The first-order valence-corrected chi connectivity index (χ1v) is 12.7. The lowest BCUT2D eigenvalue weighted by atomic mass is 9.86. The molecule has 2 atom stereocenters. The standard InChI is InChI=1S/C28H28F3N3O3.C2H6/c1-19(34-26(35)27(2,3)37-25-14-11-22(18-33-25)28(29,30)31)24(21-7-5-4-6-8-21)17-20-9-12-23(13-10-20)36-16-15-32;1-2/h4-14,18-19,24H,16-17H2,1-3H3,(H,34,35);1-2H3. The molecule has 1 amide bonds. The van der Waals surface area contributed by atoms with Crippen LogP contribution in [0.25, 0.3) is 0 Å². The highest BCUT2D eigenvalue weighted by atomic mass is 19.4. The Labute approximate surface area is 227 Å². The Bertz CT molecular complexity index is 1210. The van der Waals surface area contributed by atoms with Gasteiger partial charge < -0.3 is 14.8 Å². The number of carbonyl (C=O) groups excluding carboxylic acids is 1. The summed E-state index contributed by atoms with van der Waals surface area (Å²) in [7, 11) is 0. The van der Waals surface area contributed by atoms with Crippen molar-refractivity contribution in [1.82, 2.24) is 10.3 Å². The average Bonchev–Trinajstić information content (AvgIpc) is 2.92. The molecular formula is C30H34F3N3O3. The normalized spacial score (nSPS) is 12.7. The maximum absolute atomic E-state index is 13.2. The Hall–Kier alpha value is -4.06. The van der Waals surface area contributed by atoms with E-state index in [4.69, 9.17) is 14.7 Å². The van der Waals surface area contributed by atoms with E-state index in [-0.39, 0.29) is 24.4 Å². The molecule has 6 nitrogen and oxygen atoms in total. The molecule has 1 heterocycles. The quantitative estimate of drug-likeness (QED) is 0.308. The van der Waals surface area contributed by atoms with Crippen molar-refractivity contribution in [2.75, 3.05) is 6.61 Å². The van der Waals surface area contributed by atoms with Crippen molar-refractivity contribution in [3.05, 3.63) is 89.6 Å². The molecule has 1 aromatic heterocycles. The lowest BCUT2D eigenvalue weighted by molar-refractivity contribution is -0.138. The van der Waals surface area contributed by atoms with E-state index >= 15 is 0 Å². The van der Waals surface area contributed by atoms with Gasteiger partial charge in [0.05, 0.1) is 5.56 Å². The van der Waals surface area contributed by atoms with E-state index in [1.54, 1.807) is 12.1 Å². The third-order valence-electron chi connectivity index (χ3n) is 5.84. The second-order valence-electron chi connectivity index (χ2n) is 9.07. The van der Waals surface area contributed by atoms with Gasteiger partial charge in [0.2, 0.25) is 5.88 Å². The van der Waals surface area contributed by atoms with Crippen LogP contribution in [0, 0.1) is 11.3 Å². The van der Waals surface area contributed by atoms with Crippen molar-refractivity contribution < 1.29 is 27.4 Å². The van der Waals surface area contributed by atoms with Crippen LogP contribution in [0.2, 0.25) is 0 Å². The summed E-state index contributed by atoms with van der Waals surface area (Å²) in [5, 5.41) is 11.7. The van der Waals surface area contributed by atoms with Gasteiger partial charge >= 0.3 is 6.18 Å². The zero-order valence-corrected chi connectivity index (χ0v) is 22.8. The summed E-state index contributed by atoms with van der Waals surface area (Å²) in [6.07, 6.45) is -3.22. The number of aromatic nitrogens is 1. The molecule has 0 aliphatic carbocycles. The summed E-state index contributed by atoms with van der Waals surface area (Å²) >= 11 is 0. The first kappa shape index (κ1) is 31.2. The predicted octanol–water partition coefficient (Wildman–Crippen LogP) is 6.72. The lowest BCUT2D eigenvalue weighted by Crippen LogP contribution is -2.51. The molecule has 0 aliphatic rings.